The van der Waals surface area contributed by atoms with Gasteiger partial charge in [-0.25, -0.2) is 4.98 Å². The molecule has 39 heavy (non-hydrogen) atoms. The van der Waals surface area contributed by atoms with Gasteiger partial charge >= 0.3 is 5.91 Å². The standard InChI is InChI=1S/C31H30N2O5S/c1-18(2)14-15-38-23-13-11-21(17-24(23)37-4)27-26(28(34)20-8-6-5-7-9-20)29(35)30(36)33(27)31-32-22-12-10-19(3)16-25(22)39-31/h5-13,16-18,27,34H,14-15H2,1-4H3. The number of benzene rings is 3. The first-order valence-electron chi connectivity index (χ1n) is 12.8. The van der Waals surface area contributed by atoms with Crippen LogP contribution in [0.2, 0.25) is 0 Å². The normalized spacial score (nSPS) is 16.8. The van der Waals surface area contributed by atoms with E-state index < -0.39 is 17.7 Å². The number of thiazole rings is 1. The Hall–Kier alpha value is -4.17. The fourth-order valence-electron chi connectivity index (χ4n) is 4.60. The van der Waals surface area contributed by atoms with Gasteiger partial charge in [0, 0.05) is 5.56 Å². The summed E-state index contributed by atoms with van der Waals surface area (Å²) in [5, 5.41) is 11.7. The van der Waals surface area contributed by atoms with E-state index in [1.54, 1.807) is 49.6 Å². The van der Waals surface area contributed by atoms with Crippen LogP contribution in [0.5, 0.6) is 11.5 Å². The van der Waals surface area contributed by atoms with Crippen LogP contribution in [0.3, 0.4) is 0 Å². The second-order valence-electron chi connectivity index (χ2n) is 9.94. The molecular formula is C31H30N2O5S. The van der Waals surface area contributed by atoms with Gasteiger partial charge in [0.25, 0.3) is 5.78 Å². The number of methoxy groups -OCH3 is 1. The Morgan fingerprint density at radius 1 is 1.05 bits per heavy atom. The minimum Gasteiger partial charge on any atom is -0.507 e. The van der Waals surface area contributed by atoms with Gasteiger partial charge in [-0.15, -0.1) is 0 Å². The van der Waals surface area contributed by atoms with Crippen molar-refractivity contribution in [1.29, 1.82) is 0 Å². The summed E-state index contributed by atoms with van der Waals surface area (Å²) < 4.78 is 12.5. The number of hydrogen-bond acceptors (Lipinski definition) is 7. The third kappa shape index (κ3) is 5.12. The van der Waals surface area contributed by atoms with Crippen molar-refractivity contribution >= 4 is 44.1 Å². The number of aromatic nitrogens is 1. The second-order valence-corrected chi connectivity index (χ2v) is 11.0. The van der Waals surface area contributed by atoms with E-state index >= 15 is 0 Å². The van der Waals surface area contributed by atoms with Crippen molar-refractivity contribution in [2.75, 3.05) is 18.6 Å². The van der Waals surface area contributed by atoms with Crippen molar-refractivity contribution in [1.82, 2.24) is 4.98 Å². The van der Waals surface area contributed by atoms with Crippen LogP contribution in [-0.2, 0) is 9.59 Å². The zero-order valence-corrected chi connectivity index (χ0v) is 23.1. The molecule has 8 heteroatoms. The first-order chi connectivity index (χ1) is 18.8. The Morgan fingerprint density at radius 2 is 1.82 bits per heavy atom. The zero-order chi connectivity index (χ0) is 27.7. The molecule has 0 aliphatic carbocycles. The quantitative estimate of drug-likeness (QED) is 0.152. The predicted molar refractivity (Wildman–Crippen MR) is 154 cm³/mol. The molecule has 1 fully saturated rings. The van der Waals surface area contributed by atoms with E-state index in [9.17, 15) is 14.7 Å². The maximum atomic E-state index is 13.5. The van der Waals surface area contributed by atoms with E-state index in [2.05, 4.69) is 13.8 Å². The monoisotopic (exact) mass is 542 g/mol. The van der Waals surface area contributed by atoms with Crippen LogP contribution in [0.1, 0.15) is 43.0 Å². The molecule has 2 heterocycles. The minimum absolute atomic E-state index is 0.00262. The number of ketones is 1. The molecule has 0 saturated carbocycles. The van der Waals surface area contributed by atoms with Crippen LogP contribution < -0.4 is 14.4 Å². The van der Waals surface area contributed by atoms with Crippen molar-refractivity contribution in [3.63, 3.8) is 0 Å². The highest BCUT2D eigenvalue weighted by Gasteiger charge is 2.48. The molecule has 1 saturated heterocycles. The third-order valence-electron chi connectivity index (χ3n) is 6.69. The molecule has 3 aromatic carbocycles. The van der Waals surface area contributed by atoms with Crippen LogP contribution in [0, 0.1) is 12.8 Å². The fourth-order valence-corrected chi connectivity index (χ4v) is 5.69. The Morgan fingerprint density at radius 3 is 2.54 bits per heavy atom. The Labute approximate surface area is 231 Å². The van der Waals surface area contributed by atoms with Crippen molar-refractivity contribution in [2.45, 2.75) is 33.2 Å². The Balaban J connectivity index is 1.66. The van der Waals surface area contributed by atoms with Crippen LogP contribution in [0.15, 0.2) is 72.3 Å². The molecule has 1 aromatic heterocycles. The molecule has 4 aromatic rings. The average Bonchev–Trinajstić information content (AvgIpc) is 3.46. The molecule has 1 aliphatic heterocycles. The smallest absolute Gasteiger partial charge is 0.301 e. The number of amides is 1. The number of aryl methyl sites for hydroxylation is 1. The number of fused-ring (bicyclic) bond motifs is 1. The van der Waals surface area contributed by atoms with E-state index in [1.807, 2.05) is 31.2 Å². The van der Waals surface area contributed by atoms with E-state index in [0.29, 0.717) is 40.3 Å². The van der Waals surface area contributed by atoms with E-state index in [4.69, 9.17) is 14.5 Å². The summed E-state index contributed by atoms with van der Waals surface area (Å²) >= 11 is 1.33. The first kappa shape index (κ1) is 26.4. The molecule has 200 valence electrons. The fraction of sp³-hybridized carbons (Fsp3) is 0.258. The van der Waals surface area contributed by atoms with Crippen molar-refractivity contribution in [3.8, 4) is 11.5 Å². The van der Waals surface area contributed by atoms with Crippen LogP contribution in [0.4, 0.5) is 5.13 Å². The van der Waals surface area contributed by atoms with Gasteiger partial charge in [0.05, 0.1) is 35.5 Å². The Bertz CT molecular complexity index is 1570. The highest BCUT2D eigenvalue weighted by atomic mass is 32.1. The SMILES string of the molecule is COc1cc(C2C(=C(O)c3ccccc3)C(=O)C(=O)N2c2nc3ccc(C)cc3s2)ccc1OCCC(C)C. The maximum Gasteiger partial charge on any atom is 0.301 e. The summed E-state index contributed by atoms with van der Waals surface area (Å²) in [6.07, 6.45) is 0.888. The maximum absolute atomic E-state index is 13.5. The highest BCUT2D eigenvalue weighted by molar-refractivity contribution is 7.22. The number of carbonyl (C=O) groups is 2. The topological polar surface area (TPSA) is 89.0 Å². The van der Waals surface area contributed by atoms with Gasteiger partial charge < -0.3 is 14.6 Å². The van der Waals surface area contributed by atoms with E-state index in [0.717, 1.165) is 22.2 Å². The summed E-state index contributed by atoms with van der Waals surface area (Å²) in [5.74, 6) is -0.225. The molecule has 0 spiro atoms. The lowest BCUT2D eigenvalue weighted by molar-refractivity contribution is -0.132. The number of anilines is 1. The molecule has 0 radical (unpaired) electrons. The molecule has 1 atom stereocenters. The largest absolute Gasteiger partial charge is 0.507 e. The summed E-state index contributed by atoms with van der Waals surface area (Å²) in [6, 6.07) is 19.0. The van der Waals surface area contributed by atoms with E-state index in [-0.39, 0.29) is 11.3 Å². The molecule has 5 rings (SSSR count). The van der Waals surface area contributed by atoms with Crippen LogP contribution >= 0.6 is 11.3 Å². The number of aliphatic hydroxyl groups excluding tert-OH is 1. The zero-order valence-electron chi connectivity index (χ0n) is 22.3. The number of rotatable bonds is 8. The molecule has 0 bridgehead atoms. The van der Waals surface area contributed by atoms with Gasteiger partial charge in [0.2, 0.25) is 0 Å². The van der Waals surface area contributed by atoms with Crippen molar-refractivity contribution in [3.05, 3.63) is 89.0 Å². The molecular weight excluding hydrogens is 512 g/mol. The predicted octanol–water partition coefficient (Wildman–Crippen LogP) is 6.66. The van der Waals surface area contributed by atoms with Crippen molar-refractivity contribution in [2.24, 2.45) is 5.92 Å². The lowest BCUT2D eigenvalue weighted by Crippen LogP contribution is -2.29. The molecule has 1 N–H and O–H groups in total. The van der Waals surface area contributed by atoms with Crippen LogP contribution in [0.25, 0.3) is 16.0 Å². The number of carbonyl (C=O) groups excluding carboxylic acids is 2. The Kier molecular flexibility index (Phi) is 7.39. The van der Waals surface area contributed by atoms with E-state index in [1.165, 1.54) is 16.2 Å². The average molecular weight is 543 g/mol. The second kappa shape index (κ2) is 10.9. The summed E-state index contributed by atoms with van der Waals surface area (Å²) in [4.78, 5) is 33.1. The number of hydrogen-bond donors (Lipinski definition) is 1. The number of ether oxygens (including phenoxy) is 2. The highest BCUT2D eigenvalue weighted by Crippen LogP contribution is 2.46. The summed E-state index contributed by atoms with van der Waals surface area (Å²) in [6.45, 7) is 6.78. The first-order valence-corrected chi connectivity index (χ1v) is 13.6. The third-order valence-corrected chi connectivity index (χ3v) is 7.70. The number of nitrogens with zero attached hydrogens (tertiary/aromatic N) is 2. The number of Topliss-reactive ketones (excluding diaryl/α,β-unsaturated/α-hetero) is 1. The van der Waals surface area contributed by atoms with Gasteiger partial charge in [-0.1, -0.05) is 67.6 Å². The number of aliphatic hydroxyl groups is 1. The van der Waals surface area contributed by atoms with Crippen LogP contribution in [-0.4, -0.2) is 35.5 Å². The van der Waals surface area contributed by atoms with Gasteiger partial charge in [0.15, 0.2) is 16.6 Å². The van der Waals surface area contributed by atoms with Gasteiger partial charge in [-0.3, -0.25) is 14.5 Å². The lowest BCUT2D eigenvalue weighted by atomic mass is 9.95. The lowest BCUT2D eigenvalue weighted by Gasteiger charge is -2.24. The van der Waals surface area contributed by atoms with Gasteiger partial charge in [-0.2, -0.15) is 0 Å². The van der Waals surface area contributed by atoms with Crippen molar-refractivity contribution < 1.29 is 24.2 Å². The molecule has 1 aliphatic rings. The summed E-state index contributed by atoms with van der Waals surface area (Å²) in [5.41, 5.74) is 2.84. The summed E-state index contributed by atoms with van der Waals surface area (Å²) in [7, 11) is 1.55. The van der Waals surface area contributed by atoms with Gasteiger partial charge in [0.1, 0.15) is 5.76 Å². The minimum atomic E-state index is -0.912. The molecule has 7 nitrogen and oxygen atoms in total. The van der Waals surface area contributed by atoms with Gasteiger partial charge in [-0.05, 0) is 54.7 Å². The molecule has 1 unspecified atom stereocenters. The molecule has 1 amide bonds.